The fourth-order valence-corrected chi connectivity index (χ4v) is 5.03. The minimum atomic E-state index is -2.07. The Morgan fingerprint density at radius 1 is 1.06 bits per heavy atom. The smallest absolute Gasteiger partial charge is 0.329 e. The number of nitrogens with one attached hydrogen (secondary N) is 1. The standard InChI is InChI=1S/C22H15Cl4N3O3/c1-2-32-21(31)22(10-28)18(13-5-3-11(23)7-16(13)25)15(9-27)20(30)29-19(22)14-6-4-12(24)8-17(14)26/h3-8,15,18-19H,2H2,1H3,(H,29,30). The van der Waals surface area contributed by atoms with Crippen LogP contribution in [0.25, 0.3) is 0 Å². The first-order chi connectivity index (χ1) is 15.2. The van der Waals surface area contributed by atoms with Gasteiger partial charge in [0.25, 0.3) is 0 Å². The van der Waals surface area contributed by atoms with Crippen molar-refractivity contribution in [2.45, 2.75) is 18.9 Å². The number of ether oxygens (including phenoxy) is 1. The highest BCUT2D eigenvalue weighted by molar-refractivity contribution is 6.35. The lowest BCUT2D eigenvalue weighted by atomic mass is 9.59. The van der Waals surface area contributed by atoms with E-state index < -0.39 is 35.2 Å². The summed E-state index contributed by atoms with van der Waals surface area (Å²) in [6, 6.07) is 11.6. The number of nitrogens with zero attached hydrogens (tertiary/aromatic N) is 2. The van der Waals surface area contributed by atoms with Gasteiger partial charge in [-0.3, -0.25) is 9.59 Å². The Balaban J connectivity index is 2.38. The van der Waals surface area contributed by atoms with Crippen LogP contribution in [0.4, 0.5) is 0 Å². The van der Waals surface area contributed by atoms with E-state index in [-0.39, 0.29) is 27.8 Å². The van der Waals surface area contributed by atoms with Crippen LogP contribution in [-0.2, 0) is 14.3 Å². The van der Waals surface area contributed by atoms with Gasteiger partial charge < -0.3 is 10.1 Å². The Bertz CT molecular complexity index is 1170. The third-order valence-electron chi connectivity index (χ3n) is 5.36. The lowest BCUT2D eigenvalue weighted by Gasteiger charge is -2.45. The summed E-state index contributed by atoms with van der Waals surface area (Å²) >= 11 is 24.8. The molecular formula is C22H15Cl4N3O3. The molecule has 2 aromatic rings. The highest BCUT2D eigenvalue weighted by Gasteiger charge is 2.63. The highest BCUT2D eigenvalue weighted by atomic mass is 35.5. The van der Waals surface area contributed by atoms with Gasteiger partial charge in [0.1, 0.15) is 5.92 Å². The summed E-state index contributed by atoms with van der Waals surface area (Å²) < 4.78 is 5.27. The number of amides is 1. The van der Waals surface area contributed by atoms with Gasteiger partial charge in [0.2, 0.25) is 5.91 Å². The molecule has 1 saturated heterocycles. The first-order valence-corrected chi connectivity index (χ1v) is 10.9. The zero-order valence-corrected chi connectivity index (χ0v) is 19.6. The molecule has 32 heavy (non-hydrogen) atoms. The predicted octanol–water partition coefficient (Wildman–Crippen LogP) is 5.47. The highest BCUT2D eigenvalue weighted by Crippen LogP contribution is 2.55. The van der Waals surface area contributed by atoms with Crippen LogP contribution < -0.4 is 5.32 Å². The van der Waals surface area contributed by atoms with Gasteiger partial charge in [-0.25, -0.2) is 0 Å². The van der Waals surface area contributed by atoms with Crippen LogP contribution in [0.15, 0.2) is 36.4 Å². The zero-order chi connectivity index (χ0) is 23.6. The van der Waals surface area contributed by atoms with Crippen LogP contribution >= 0.6 is 46.4 Å². The molecule has 0 saturated carbocycles. The molecule has 4 atom stereocenters. The summed E-state index contributed by atoms with van der Waals surface area (Å²) in [4.78, 5) is 26.4. The molecule has 1 amide bonds. The van der Waals surface area contributed by atoms with Crippen LogP contribution in [0, 0.1) is 34.0 Å². The quantitative estimate of drug-likeness (QED) is 0.549. The van der Waals surface area contributed by atoms with Crippen LogP contribution in [0.5, 0.6) is 0 Å². The summed E-state index contributed by atoms with van der Waals surface area (Å²) in [5, 5.41) is 23.8. The van der Waals surface area contributed by atoms with E-state index in [0.717, 1.165) is 0 Å². The van der Waals surface area contributed by atoms with E-state index in [2.05, 4.69) is 5.32 Å². The maximum absolute atomic E-state index is 13.4. The molecule has 1 N–H and O–H groups in total. The number of hydrogen-bond acceptors (Lipinski definition) is 5. The average Bonchev–Trinajstić information content (AvgIpc) is 2.73. The van der Waals surface area contributed by atoms with Crippen molar-refractivity contribution in [3.8, 4) is 12.1 Å². The molecule has 1 heterocycles. The number of rotatable bonds is 4. The van der Waals surface area contributed by atoms with E-state index in [0.29, 0.717) is 10.0 Å². The van der Waals surface area contributed by atoms with Gasteiger partial charge in [0, 0.05) is 26.0 Å². The van der Waals surface area contributed by atoms with Gasteiger partial charge in [-0.2, -0.15) is 10.5 Å². The van der Waals surface area contributed by atoms with Crippen molar-refractivity contribution < 1.29 is 14.3 Å². The Kier molecular flexibility index (Phi) is 7.22. The SMILES string of the molecule is CCOC(=O)C1(C#N)C(c2ccc(Cl)cc2Cl)NC(=O)C(C#N)C1c1ccc(Cl)cc1Cl. The van der Waals surface area contributed by atoms with E-state index in [1.54, 1.807) is 6.92 Å². The van der Waals surface area contributed by atoms with Gasteiger partial charge in [-0.15, -0.1) is 0 Å². The number of nitriles is 2. The molecule has 1 aliphatic rings. The van der Waals surface area contributed by atoms with Gasteiger partial charge in [-0.05, 0) is 42.3 Å². The van der Waals surface area contributed by atoms with E-state index in [4.69, 9.17) is 51.1 Å². The molecule has 4 unspecified atom stereocenters. The fraction of sp³-hybridized carbons (Fsp3) is 0.273. The molecule has 6 nitrogen and oxygen atoms in total. The van der Waals surface area contributed by atoms with E-state index in [9.17, 15) is 20.1 Å². The van der Waals surface area contributed by atoms with E-state index in [1.165, 1.54) is 36.4 Å². The van der Waals surface area contributed by atoms with Gasteiger partial charge in [-0.1, -0.05) is 58.5 Å². The van der Waals surface area contributed by atoms with Crippen molar-refractivity contribution in [2.75, 3.05) is 6.61 Å². The molecule has 0 spiro atoms. The molecule has 1 fully saturated rings. The average molecular weight is 511 g/mol. The van der Waals surface area contributed by atoms with Crippen molar-refractivity contribution in [2.24, 2.45) is 11.3 Å². The summed E-state index contributed by atoms with van der Waals surface area (Å²) in [6.07, 6.45) is 0. The topological polar surface area (TPSA) is 103 Å². The van der Waals surface area contributed by atoms with Crippen LogP contribution in [0.3, 0.4) is 0 Å². The van der Waals surface area contributed by atoms with E-state index >= 15 is 0 Å². The number of esters is 1. The van der Waals surface area contributed by atoms with Crippen molar-refractivity contribution in [1.29, 1.82) is 10.5 Å². The number of piperidine rings is 1. The maximum atomic E-state index is 13.4. The third kappa shape index (κ3) is 4.00. The first kappa shape index (κ1) is 24.2. The maximum Gasteiger partial charge on any atom is 0.329 e. The van der Waals surface area contributed by atoms with Crippen molar-refractivity contribution >= 4 is 58.3 Å². The van der Waals surface area contributed by atoms with E-state index in [1.807, 2.05) is 12.1 Å². The minimum absolute atomic E-state index is 0.0322. The Labute approximate surface area is 204 Å². The second kappa shape index (κ2) is 9.57. The lowest BCUT2D eigenvalue weighted by molar-refractivity contribution is -0.159. The predicted molar refractivity (Wildman–Crippen MR) is 120 cm³/mol. The molecular weight excluding hydrogens is 496 g/mol. The largest absolute Gasteiger partial charge is 0.465 e. The molecule has 0 radical (unpaired) electrons. The molecule has 10 heteroatoms. The second-order valence-electron chi connectivity index (χ2n) is 7.06. The second-order valence-corrected chi connectivity index (χ2v) is 8.75. The lowest BCUT2D eigenvalue weighted by Crippen LogP contribution is -2.58. The first-order valence-electron chi connectivity index (χ1n) is 9.39. The molecule has 0 bridgehead atoms. The van der Waals surface area contributed by atoms with Gasteiger partial charge >= 0.3 is 5.97 Å². The monoisotopic (exact) mass is 509 g/mol. The Morgan fingerprint density at radius 2 is 1.62 bits per heavy atom. The number of carbonyl (C=O) groups is 2. The molecule has 3 rings (SSSR count). The molecule has 2 aromatic carbocycles. The van der Waals surface area contributed by atoms with Crippen molar-refractivity contribution in [1.82, 2.24) is 5.32 Å². The minimum Gasteiger partial charge on any atom is -0.465 e. The zero-order valence-electron chi connectivity index (χ0n) is 16.5. The van der Waals surface area contributed by atoms with Gasteiger partial charge in [0.05, 0.1) is 24.8 Å². The fourth-order valence-electron chi connectivity index (χ4n) is 3.99. The van der Waals surface area contributed by atoms with Crippen molar-refractivity contribution in [3.63, 3.8) is 0 Å². The van der Waals surface area contributed by atoms with Gasteiger partial charge in [0.15, 0.2) is 5.41 Å². The summed E-state index contributed by atoms with van der Waals surface area (Å²) in [7, 11) is 0. The van der Waals surface area contributed by atoms with Crippen LogP contribution in [0.1, 0.15) is 30.0 Å². The molecule has 0 aliphatic carbocycles. The Morgan fingerprint density at radius 3 is 2.09 bits per heavy atom. The summed E-state index contributed by atoms with van der Waals surface area (Å²) in [5.74, 6) is -4.30. The van der Waals surface area contributed by atoms with Crippen LogP contribution in [-0.4, -0.2) is 18.5 Å². The molecule has 0 aromatic heterocycles. The summed E-state index contributed by atoms with van der Waals surface area (Å²) in [6.45, 7) is 1.55. The summed E-state index contributed by atoms with van der Waals surface area (Å²) in [5.41, 5.74) is -1.56. The number of halogens is 4. The normalized spacial score (nSPS) is 24.7. The van der Waals surface area contributed by atoms with Crippen LogP contribution in [0.2, 0.25) is 20.1 Å². The Hall–Kier alpha value is -2.48. The number of carbonyl (C=O) groups excluding carboxylic acids is 2. The number of benzene rings is 2. The molecule has 1 aliphatic heterocycles. The van der Waals surface area contributed by atoms with Crippen molar-refractivity contribution in [3.05, 3.63) is 67.6 Å². The number of hydrogen-bond donors (Lipinski definition) is 1. The molecule has 164 valence electrons. The third-order valence-corrected chi connectivity index (χ3v) is 6.48.